The monoisotopic (exact) mass is 384 g/mol. The fourth-order valence-corrected chi connectivity index (χ4v) is 4.84. The fraction of sp³-hybridized carbons (Fsp3) is 0.308. The molecule has 0 saturated heterocycles. The molecule has 1 aromatic heterocycles. The van der Waals surface area contributed by atoms with Crippen LogP contribution in [0.5, 0.6) is 0 Å². The Bertz CT molecular complexity index is 1080. The second kappa shape index (κ2) is 7.82. The Balaban J connectivity index is 1.72. The summed E-state index contributed by atoms with van der Waals surface area (Å²) in [6.45, 7) is 6.45. The standard InChI is InChI=1S/C26H28N2O/c1-4-19-8-10-20(11-9-19)7-6-14-27-26-17-18(3)15-21(22(26)5-2)16-24-23(26)12-13-25(29)28-24/h5-15,21H,4,16-17H2,1-3H3,(H,28,29)/b7-6+,22-5+,27-14?/t21-,26+/m0/s1. The van der Waals surface area contributed by atoms with Crippen LogP contribution in [0.3, 0.4) is 0 Å². The lowest BCUT2D eigenvalue weighted by Gasteiger charge is -2.45. The molecule has 4 rings (SSSR count). The summed E-state index contributed by atoms with van der Waals surface area (Å²) in [6.07, 6.45) is 13.3. The van der Waals surface area contributed by atoms with E-state index in [0.29, 0.717) is 5.92 Å². The zero-order valence-corrected chi connectivity index (χ0v) is 17.4. The van der Waals surface area contributed by atoms with Crippen LogP contribution in [0.1, 0.15) is 49.6 Å². The fourth-order valence-electron chi connectivity index (χ4n) is 4.84. The number of aromatic amines is 1. The SMILES string of the molecule is C/C=C1\[C@H]2C=C(C)C[C@]1(N=C/C=C/c1ccc(CC)cc1)c1ccc(=O)[nH]c1C2. The van der Waals surface area contributed by atoms with E-state index < -0.39 is 5.54 Å². The van der Waals surface area contributed by atoms with Crippen molar-refractivity contribution in [2.45, 2.75) is 45.6 Å². The molecule has 2 aliphatic carbocycles. The maximum atomic E-state index is 11.9. The molecule has 2 bridgehead atoms. The molecule has 2 aliphatic rings. The van der Waals surface area contributed by atoms with E-state index in [1.54, 1.807) is 6.07 Å². The highest BCUT2D eigenvalue weighted by atomic mass is 16.1. The first kappa shape index (κ1) is 19.4. The number of allylic oxidation sites excluding steroid dienone is 3. The molecule has 2 aromatic rings. The summed E-state index contributed by atoms with van der Waals surface area (Å²) in [7, 11) is 0. The van der Waals surface area contributed by atoms with Crippen molar-refractivity contribution >= 4 is 12.3 Å². The summed E-state index contributed by atoms with van der Waals surface area (Å²) in [5.41, 5.74) is 6.89. The number of H-pyrrole nitrogens is 1. The smallest absolute Gasteiger partial charge is 0.248 e. The summed E-state index contributed by atoms with van der Waals surface area (Å²) in [5, 5.41) is 0. The molecule has 1 aromatic carbocycles. The first-order chi connectivity index (χ1) is 14.1. The van der Waals surface area contributed by atoms with E-state index >= 15 is 0 Å². The summed E-state index contributed by atoms with van der Waals surface area (Å²) in [6, 6.07) is 12.2. The minimum Gasteiger partial charge on any atom is -0.326 e. The number of pyridine rings is 1. The number of nitrogens with one attached hydrogen (secondary N) is 1. The van der Waals surface area contributed by atoms with Gasteiger partial charge in [-0.1, -0.05) is 55.0 Å². The Morgan fingerprint density at radius 1 is 1.21 bits per heavy atom. The van der Waals surface area contributed by atoms with Crippen molar-refractivity contribution < 1.29 is 0 Å². The third-order valence-corrected chi connectivity index (χ3v) is 6.14. The predicted molar refractivity (Wildman–Crippen MR) is 121 cm³/mol. The molecule has 0 unspecified atom stereocenters. The van der Waals surface area contributed by atoms with E-state index in [2.05, 4.69) is 68.2 Å². The Morgan fingerprint density at radius 3 is 2.72 bits per heavy atom. The van der Waals surface area contributed by atoms with Crippen LogP contribution in [0.15, 0.2) is 75.6 Å². The van der Waals surface area contributed by atoms with Crippen LogP contribution in [0.4, 0.5) is 0 Å². The molecule has 0 aliphatic heterocycles. The number of hydrogen-bond donors (Lipinski definition) is 1. The number of aryl methyl sites for hydroxylation is 1. The van der Waals surface area contributed by atoms with Crippen molar-refractivity contribution in [3.05, 3.63) is 98.5 Å². The zero-order valence-electron chi connectivity index (χ0n) is 17.4. The maximum Gasteiger partial charge on any atom is 0.248 e. The molecule has 3 nitrogen and oxygen atoms in total. The van der Waals surface area contributed by atoms with Gasteiger partial charge in [-0.05, 0) is 55.5 Å². The van der Waals surface area contributed by atoms with E-state index in [4.69, 9.17) is 4.99 Å². The normalized spacial score (nSPS) is 24.9. The van der Waals surface area contributed by atoms with Crippen LogP contribution in [-0.4, -0.2) is 11.2 Å². The topological polar surface area (TPSA) is 45.2 Å². The zero-order chi connectivity index (χ0) is 20.4. The summed E-state index contributed by atoms with van der Waals surface area (Å²) in [4.78, 5) is 20.1. The molecule has 0 radical (unpaired) electrons. The van der Waals surface area contributed by atoms with Gasteiger partial charge < -0.3 is 4.98 Å². The van der Waals surface area contributed by atoms with E-state index in [1.165, 1.54) is 22.3 Å². The molecule has 0 fully saturated rings. The summed E-state index contributed by atoms with van der Waals surface area (Å²) in [5.74, 6) is 0.294. The maximum absolute atomic E-state index is 11.9. The van der Waals surface area contributed by atoms with Gasteiger partial charge in [0, 0.05) is 35.9 Å². The second-order valence-electron chi connectivity index (χ2n) is 8.05. The number of rotatable bonds is 4. The Labute approximate surface area is 172 Å². The number of benzene rings is 1. The lowest BCUT2D eigenvalue weighted by Crippen LogP contribution is -2.40. The van der Waals surface area contributed by atoms with Crippen molar-refractivity contribution in [1.82, 2.24) is 4.98 Å². The van der Waals surface area contributed by atoms with Gasteiger partial charge in [0.1, 0.15) is 5.54 Å². The summed E-state index contributed by atoms with van der Waals surface area (Å²) >= 11 is 0. The van der Waals surface area contributed by atoms with Crippen molar-refractivity contribution in [1.29, 1.82) is 0 Å². The van der Waals surface area contributed by atoms with Gasteiger partial charge in [0.25, 0.3) is 0 Å². The largest absolute Gasteiger partial charge is 0.326 e. The third-order valence-electron chi connectivity index (χ3n) is 6.14. The molecule has 29 heavy (non-hydrogen) atoms. The van der Waals surface area contributed by atoms with Crippen molar-refractivity contribution in [2.24, 2.45) is 10.9 Å². The minimum absolute atomic E-state index is 0.0407. The van der Waals surface area contributed by atoms with Gasteiger partial charge in [-0.25, -0.2) is 0 Å². The quantitative estimate of drug-likeness (QED) is 0.558. The Morgan fingerprint density at radius 2 is 2.00 bits per heavy atom. The highest BCUT2D eigenvalue weighted by Crippen LogP contribution is 2.51. The van der Waals surface area contributed by atoms with Crippen LogP contribution in [-0.2, 0) is 18.4 Å². The molecule has 0 amide bonds. The van der Waals surface area contributed by atoms with Crippen molar-refractivity contribution in [2.75, 3.05) is 0 Å². The van der Waals surface area contributed by atoms with Gasteiger partial charge in [-0.3, -0.25) is 9.79 Å². The van der Waals surface area contributed by atoms with Gasteiger partial charge in [0.15, 0.2) is 0 Å². The first-order valence-electron chi connectivity index (χ1n) is 10.4. The minimum atomic E-state index is -0.424. The molecular formula is C26H28N2O. The highest BCUT2D eigenvalue weighted by Gasteiger charge is 2.46. The molecular weight excluding hydrogens is 356 g/mol. The number of nitrogens with zero attached hydrogens (tertiary/aromatic N) is 1. The number of hydrogen-bond acceptors (Lipinski definition) is 2. The van der Waals surface area contributed by atoms with E-state index in [9.17, 15) is 4.79 Å². The molecule has 0 saturated carbocycles. The van der Waals surface area contributed by atoms with Crippen LogP contribution >= 0.6 is 0 Å². The van der Waals surface area contributed by atoms with Gasteiger partial charge >= 0.3 is 0 Å². The molecule has 0 spiro atoms. The number of aliphatic imine (C=N–C) groups is 1. The average Bonchev–Trinajstić information content (AvgIpc) is 2.71. The van der Waals surface area contributed by atoms with Crippen molar-refractivity contribution in [3.63, 3.8) is 0 Å². The van der Waals surface area contributed by atoms with Gasteiger partial charge in [0.2, 0.25) is 5.56 Å². The Kier molecular flexibility index (Phi) is 5.23. The highest BCUT2D eigenvalue weighted by molar-refractivity contribution is 5.79. The number of fused-ring (bicyclic) bond motifs is 4. The molecule has 148 valence electrons. The molecule has 3 heteroatoms. The Hall–Kier alpha value is -2.94. The van der Waals surface area contributed by atoms with E-state index in [-0.39, 0.29) is 5.56 Å². The van der Waals surface area contributed by atoms with E-state index in [1.807, 2.05) is 18.4 Å². The van der Waals surface area contributed by atoms with Crippen molar-refractivity contribution in [3.8, 4) is 0 Å². The predicted octanol–water partition coefficient (Wildman–Crippen LogP) is 5.39. The van der Waals surface area contributed by atoms with Gasteiger partial charge in [-0.2, -0.15) is 0 Å². The summed E-state index contributed by atoms with van der Waals surface area (Å²) < 4.78 is 0. The molecule has 1 heterocycles. The van der Waals surface area contributed by atoms with Crippen LogP contribution in [0.25, 0.3) is 6.08 Å². The molecule has 1 N–H and O–H groups in total. The average molecular weight is 385 g/mol. The molecule has 2 atom stereocenters. The van der Waals surface area contributed by atoms with Crippen LogP contribution in [0, 0.1) is 5.92 Å². The lowest BCUT2D eigenvalue weighted by atomic mass is 9.63. The van der Waals surface area contributed by atoms with Crippen LogP contribution < -0.4 is 5.56 Å². The second-order valence-corrected chi connectivity index (χ2v) is 8.05. The third kappa shape index (κ3) is 3.57. The van der Waals surface area contributed by atoms with Gasteiger partial charge in [0.05, 0.1) is 0 Å². The van der Waals surface area contributed by atoms with Gasteiger partial charge in [-0.15, -0.1) is 0 Å². The first-order valence-corrected chi connectivity index (χ1v) is 10.4. The van der Waals surface area contributed by atoms with E-state index in [0.717, 1.165) is 30.5 Å². The lowest BCUT2D eigenvalue weighted by molar-refractivity contribution is 0.413. The number of aromatic nitrogens is 1. The van der Waals surface area contributed by atoms with Crippen LogP contribution in [0.2, 0.25) is 0 Å².